The Kier molecular flexibility index (Phi) is 5.12. The van der Waals surface area contributed by atoms with Crippen molar-refractivity contribution in [3.8, 4) is 0 Å². The van der Waals surface area contributed by atoms with E-state index in [4.69, 9.17) is 9.73 Å². The Morgan fingerprint density at radius 2 is 1.50 bits per heavy atom. The molecule has 2 aromatic rings. The molecule has 1 N–H and O–H groups in total. The van der Waals surface area contributed by atoms with Gasteiger partial charge in [-0.05, 0) is 33.6 Å². The largest absolute Gasteiger partial charge is 0.444 e. The van der Waals surface area contributed by atoms with Crippen molar-refractivity contribution in [1.82, 2.24) is 5.32 Å². The minimum atomic E-state index is -0.497. The molecule has 136 valence electrons. The molecule has 4 heteroatoms. The summed E-state index contributed by atoms with van der Waals surface area (Å²) < 4.78 is 5.39. The van der Waals surface area contributed by atoms with Crippen molar-refractivity contribution in [3.63, 3.8) is 0 Å². The quantitative estimate of drug-likeness (QED) is 0.802. The van der Waals surface area contributed by atoms with Crippen molar-refractivity contribution in [1.29, 1.82) is 0 Å². The zero-order valence-electron chi connectivity index (χ0n) is 15.7. The Morgan fingerprint density at radius 1 is 1.00 bits per heavy atom. The van der Waals surface area contributed by atoms with Crippen LogP contribution in [0.3, 0.4) is 0 Å². The summed E-state index contributed by atoms with van der Waals surface area (Å²) in [7, 11) is 0. The van der Waals surface area contributed by atoms with Gasteiger partial charge in [0.15, 0.2) is 0 Å². The van der Waals surface area contributed by atoms with E-state index in [0.29, 0.717) is 6.54 Å². The highest BCUT2D eigenvalue weighted by Crippen LogP contribution is 2.36. The number of hydrogen-bond acceptors (Lipinski definition) is 3. The predicted molar refractivity (Wildman–Crippen MR) is 105 cm³/mol. The molecule has 0 radical (unpaired) electrons. The average molecular weight is 350 g/mol. The molecule has 1 amide bonds. The standard InChI is InChI=1S/C22H26N2O2/c1-21(2,3)26-20(25)24-22(14-15-22)16-23-19(17-10-6-4-7-11-17)18-12-8-5-9-13-18/h4-13H,14-16H2,1-3H3,(H,24,25). The number of aliphatic imine (C=N–C) groups is 1. The van der Waals surface area contributed by atoms with Crippen LogP contribution >= 0.6 is 0 Å². The summed E-state index contributed by atoms with van der Waals surface area (Å²) in [6, 6.07) is 20.3. The Hall–Kier alpha value is -2.62. The summed E-state index contributed by atoms with van der Waals surface area (Å²) in [5.74, 6) is 0. The molecule has 0 spiro atoms. The lowest BCUT2D eigenvalue weighted by Gasteiger charge is -2.23. The molecule has 2 aromatic carbocycles. The lowest BCUT2D eigenvalue weighted by Crippen LogP contribution is -2.42. The molecule has 4 nitrogen and oxygen atoms in total. The number of carbonyl (C=O) groups excluding carboxylic acids is 1. The van der Waals surface area contributed by atoms with E-state index < -0.39 is 5.60 Å². The van der Waals surface area contributed by atoms with Gasteiger partial charge in [-0.1, -0.05) is 60.7 Å². The Bertz CT molecular complexity index is 731. The van der Waals surface area contributed by atoms with Gasteiger partial charge in [0.05, 0.1) is 17.8 Å². The van der Waals surface area contributed by atoms with Crippen molar-refractivity contribution in [3.05, 3.63) is 71.8 Å². The first-order valence-electron chi connectivity index (χ1n) is 9.03. The second kappa shape index (κ2) is 7.32. The third kappa shape index (κ3) is 4.94. The summed E-state index contributed by atoms with van der Waals surface area (Å²) in [6.45, 7) is 6.15. The summed E-state index contributed by atoms with van der Waals surface area (Å²) in [5, 5.41) is 3.01. The van der Waals surface area contributed by atoms with E-state index in [1.165, 1.54) is 0 Å². The van der Waals surface area contributed by atoms with Gasteiger partial charge in [-0.15, -0.1) is 0 Å². The van der Waals surface area contributed by atoms with Crippen molar-refractivity contribution in [2.24, 2.45) is 4.99 Å². The molecule has 1 fully saturated rings. The van der Waals surface area contributed by atoms with Crippen molar-refractivity contribution < 1.29 is 9.53 Å². The molecular formula is C22H26N2O2. The van der Waals surface area contributed by atoms with Crippen molar-refractivity contribution in [2.75, 3.05) is 6.54 Å². The minimum absolute atomic E-state index is 0.281. The molecule has 0 aromatic heterocycles. The van der Waals surface area contributed by atoms with Crippen LogP contribution in [0.25, 0.3) is 0 Å². The first-order chi connectivity index (χ1) is 12.4. The van der Waals surface area contributed by atoms with E-state index in [9.17, 15) is 4.79 Å². The minimum Gasteiger partial charge on any atom is -0.444 e. The number of amides is 1. The lowest BCUT2D eigenvalue weighted by atomic mass is 10.0. The molecule has 0 heterocycles. The van der Waals surface area contributed by atoms with Crippen LogP contribution < -0.4 is 5.32 Å². The van der Waals surface area contributed by atoms with Crippen LogP contribution in [0, 0.1) is 0 Å². The number of nitrogens with zero attached hydrogens (tertiary/aromatic N) is 1. The molecule has 1 saturated carbocycles. The van der Waals surface area contributed by atoms with E-state index in [2.05, 4.69) is 29.6 Å². The Labute approximate surface area is 155 Å². The van der Waals surface area contributed by atoms with Crippen LogP contribution in [0.5, 0.6) is 0 Å². The number of rotatable bonds is 5. The highest BCUT2D eigenvalue weighted by Gasteiger charge is 2.45. The number of ether oxygens (including phenoxy) is 1. The van der Waals surface area contributed by atoms with Gasteiger partial charge < -0.3 is 10.1 Å². The molecule has 3 rings (SSSR count). The number of alkyl carbamates (subject to hydrolysis) is 1. The van der Waals surface area contributed by atoms with E-state index in [1.54, 1.807) is 0 Å². The zero-order valence-corrected chi connectivity index (χ0v) is 15.7. The fourth-order valence-electron chi connectivity index (χ4n) is 2.77. The number of carbonyl (C=O) groups is 1. The molecule has 26 heavy (non-hydrogen) atoms. The molecule has 0 atom stereocenters. The lowest BCUT2D eigenvalue weighted by molar-refractivity contribution is 0.0499. The fraction of sp³-hybridized carbons (Fsp3) is 0.364. The third-order valence-corrected chi connectivity index (χ3v) is 4.25. The van der Waals surface area contributed by atoms with Crippen LogP contribution in [-0.2, 0) is 4.74 Å². The van der Waals surface area contributed by atoms with Crippen LogP contribution in [-0.4, -0.2) is 29.5 Å². The van der Waals surface area contributed by atoms with Gasteiger partial charge in [-0.25, -0.2) is 4.79 Å². The maximum absolute atomic E-state index is 12.1. The summed E-state index contributed by atoms with van der Waals surface area (Å²) in [6.07, 6.45) is 1.48. The number of benzene rings is 2. The summed E-state index contributed by atoms with van der Waals surface area (Å²) >= 11 is 0. The topological polar surface area (TPSA) is 50.7 Å². The highest BCUT2D eigenvalue weighted by atomic mass is 16.6. The monoisotopic (exact) mass is 350 g/mol. The van der Waals surface area contributed by atoms with Gasteiger partial charge in [0.2, 0.25) is 0 Å². The maximum Gasteiger partial charge on any atom is 0.408 e. The summed E-state index contributed by atoms with van der Waals surface area (Å²) in [4.78, 5) is 17.0. The van der Waals surface area contributed by atoms with Crippen molar-refractivity contribution >= 4 is 11.8 Å². The van der Waals surface area contributed by atoms with Crippen LogP contribution in [0.2, 0.25) is 0 Å². The first-order valence-corrected chi connectivity index (χ1v) is 9.03. The smallest absolute Gasteiger partial charge is 0.408 e. The van der Waals surface area contributed by atoms with Gasteiger partial charge in [0, 0.05) is 11.1 Å². The number of nitrogens with one attached hydrogen (secondary N) is 1. The third-order valence-electron chi connectivity index (χ3n) is 4.25. The van der Waals surface area contributed by atoms with Crippen LogP contribution in [0.4, 0.5) is 4.79 Å². The molecule has 0 saturated heterocycles. The second-order valence-electron chi connectivity index (χ2n) is 7.80. The maximum atomic E-state index is 12.1. The molecule has 0 unspecified atom stereocenters. The predicted octanol–water partition coefficient (Wildman–Crippen LogP) is 4.58. The van der Waals surface area contributed by atoms with E-state index >= 15 is 0 Å². The van der Waals surface area contributed by atoms with E-state index in [-0.39, 0.29) is 11.6 Å². The normalized spacial score (nSPS) is 15.0. The SMILES string of the molecule is CC(C)(C)OC(=O)NC1(CN=C(c2ccccc2)c2ccccc2)CC1. The molecule has 1 aliphatic rings. The van der Waals surface area contributed by atoms with Gasteiger partial charge in [-0.3, -0.25) is 4.99 Å². The number of hydrogen-bond donors (Lipinski definition) is 1. The second-order valence-corrected chi connectivity index (χ2v) is 7.80. The van der Waals surface area contributed by atoms with Crippen LogP contribution in [0.15, 0.2) is 65.7 Å². The molecular weight excluding hydrogens is 324 g/mol. The first kappa shape index (κ1) is 18.2. The Morgan fingerprint density at radius 3 is 1.92 bits per heavy atom. The van der Waals surface area contributed by atoms with Gasteiger partial charge >= 0.3 is 6.09 Å². The Balaban J connectivity index is 1.78. The zero-order chi connectivity index (χ0) is 18.6. The van der Waals surface area contributed by atoms with E-state index in [1.807, 2.05) is 57.2 Å². The molecule has 0 aliphatic heterocycles. The highest BCUT2D eigenvalue weighted by molar-refractivity contribution is 6.12. The van der Waals surface area contributed by atoms with Gasteiger partial charge in [0.25, 0.3) is 0 Å². The van der Waals surface area contributed by atoms with Gasteiger partial charge in [0.1, 0.15) is 5.60 Å². The van der Waals surface area contributed by atoms with Gasteiger partial charge in [-0.2, -0.15) is 0 Å². The van der Waals surface area contributed by atoms with E-state index in [0.717, 1.165) is 29.7 Å². The fourth-order valence-corrected chi connectivity index (χ4v) is 2.77. The molecule has 0 bridgehead atoms. The van der Waals surface area contributed by atoms with Crippen molar-refractivity contribution in [2.45, 2.75) is 44.8 Å². The average Bonchev–Trinajstić information content (AvgIpc) is 3.34. The molecule has 1 aliphatic carbocycles. The summed E-state index contributed by atoms with van der Waals surface area (Å²) in [5.41, 5.74) is 2.32. The van der Waals surface area contributed by atoms with Crippen LogP contribution in [0.1, 0.15) is 44.7 Å².